The minimum Gasteiger partial charge on any atom is -0.485 e. The zero-order chi connectivity index (χ0) is 17.4. The fraction of sp³-hybridized carbons (Fsp3) is 0.750. The Balaban J connectivity index is 1.67. The second kappa shape index (κ2) is 9.60. The van der Waals surface area contributed by atoms with Crippen LogP contribution in [0.5, 0.6) is 11.5 Å². The molecule has 0 amide bonds. The summed E-state index contributed by atoms with van der Waals surface area (Å²) in [6.07, 6.45) is 4.54. The Kier molecular flexibility index (Phi) is 7.80. The van der Waals surface area contributed by atoms with E-state index in [1.165, 1.54) is 11.3 Å². The van der Waals surface area contributed by atoms with Crippen LogP contribution >= 0.6 is 11.3 Å². The highest BCUT2D eigenvalue weighted by molar-refractivity contribution is 7.86. The predicted molar refractivity (Wildman–Crippen MR) is 93.8 cm³/mol. The normalized spacial score (nSPS) is 18.5. The van der Waals surface area contributed by atoms with E-state index in [-0.39, 0.29) is 12.7 Å². The summed E-state index contributed by atoms with van der Waals surface area (Å²) in [5, 5.41) is 3.02. The van der Waals surface area contributed by atoms with Crippen LogP contribution in [-0.2, 0) is 14.9 Å². The van der Waals surface area contributed by atoms with Gasteiger partial charge in [0.25, 0.3) is 10.1 Å². The lowest BCUT2D eigenvalue weighted by Gasteiger charge is -2.24. The molecule has 0 radical (unpaired) electrons. The van der Waals surface area contributed by atoms with Gasteiger partial charge in [-0.1, -0.05) is 32.6 Å². The Labute approximate surface area is 147 Å². The summed E-state index contributed by atoms with van der Waals surface area (Å²) in [5.41, 5.74) is 0. The lowest BCUT2D eigenvalue weighted by atomic mass is 10.1. The van der Waals surface area contributed by atoms with Gasteiger partial charge in [-0.3, -0.25) is 4.55 Å². The molecule has 0 saturated carbocycles. The van der Waals surface area contributed by atoms with Crippen molar-refractivity contribution >= 4 is 21.5 Å². The molecular formula is C16H26O6S2. The van der Waals surface area contributed by atoms with Crippen molar-refractivity contribution in [1.29, 1.82) is 0 Å². The zero-order valence-corrected chi connectivity index (χ0v) is 15.6. The Morgan fingerprint density at radius 1 is 1.29 bits per heavy atom. The van der Waals surface area contributed by atoms with Crippen LogP contribution in [0.25, 0.3) is 0 Å². The van der Waals surface area contributed by atoms with Gasteiger partial charge in [0, 0.05) is 17.4 Å². The molecule has 0 aromatic carbocycles. The van der Waals surface area contributed by atoms with E-state index in [4.69, 9.17) is 14.2 Å². The van der Waals surface area contributed by atoms with Crippen LogP contribution < -0.4 is 9.47 Å². The van der Waals surface area contributed by atoms with Gasteiger partial charge in [-0.05, 0) is 12.8 Å². The monoisotopic (exact) mass is 378 g/mol. The van der Waals surface area contributed by atoms with Gasteiger partial charge in [0.15, 0.2) is 17.6 Å². The molecule has 0 aliphatic carbocycles. The van der Waals surface area contributed by atoms with Crippen LogP contribution in [0.1, 0.15) is 45.4 Å². The fourth-order valence-corrected chi connectivity index (χ4v) is 4.14. The topological polar surface area (TPSA) is 82.1 Å². The number of unbranched alkanes of at least 4 members (excludes halogenated alkanes) is 3. The molecule has 0 saturated heterocycles. The lowest BCUT2D eigenvalue weighted by Crippen LogP contribution is -2.33. The molecule has 0 spiro atoms. The number of thiophene rings is 1. The molecule has 8 heteroatoms. The van der Waals surface area contributed by atoms with Crippen molar-refractivity contribution in [2.45, 2.75) is 56.8 Å². The number of hydrogen-bond donors (Lipinski definition) is 1. The Morgan fingerprint density at radius 2 is 2.08 bits per heavy atom. The maximum atomic E-state index is 11.5. The average Bonchev–Trinajstić information content (AvgIpc) is 2.99. The molecule has 0 fully saturated rings. The van der Waals surface area contributed by atoms with Crippen molar-refractivity contribution in [3.05, 3.63) is 10.8 Å². The van der Waals surface area contributed by atoms with Crippen molar-refractivity contribution < 1.29 is 27.2 Å². The Hall–Kier alpha value is -0.830. The minimum atomic E-state index is -4.02. The molecule has 1 aromatic rings. The summed E-state index contributed by atoms with van der Waals surface area (Å²) < 4.78 is 49.1. The van der Waals surface area contributed by atoms with Gasteiger partial charge in [0.2, 0.25) is 0 Å². The third-order valence-corrected chi connectivity index (χ3v) is 6.01. The second-order valence-electron chi connectivity index (χ2n) is 6.00. The second-order valence-corrected chi connectivity index (χ2v) is 8.44. The molecule has 2 heterocycles. The molecule has 1 N–H and O–H groups in total. The number of ether oxygens (including phenoxy) is 3. The first-order chi connectivity index (χ1) is 11.5. The maximum absolute atomic E-state index is 11.5. The summed E-state index contributed by atoms with van der Waals surface area (Å²) in [6.45, 7) is 3.13. The van der Waals surface area contributed by atoms with Crippen molar-refractivity contribution in [3.8, 4) is 11.5 Å². The van der Waals surface area contributed by atoms with Crippen molar-refractivity contribution in [2.24, 2.45) is 0 Å². The molecule has 1 aliphatic rings. The molecule has 24 heavy (non-hydrogen) atoms. The van der Waals surface area contributed by atoms with E-state index >= 15 is 0 Å². The van der Waals surface area contributed by atoms with E-state index in [1.807, 2.05) is 10.8 Å². The summed E-state index contributed by atoms with van der Waals surface area (Å²) in [7, 11) is -4.02. The first-order valence-corrected chi connectivity index (χ1v) is 10.8. The molecule has 1 aliphatic heterocycles. The van der Waals surface area contributed by atoms with Crippen molar-refractivity contribution in [3.63, 3.8) is 0 Å². The molecule has 2 unspecified atom stereocenters. The van der Waals surface area contributed by atoms with Gasteiger partial charge in [-0.15, -0.1) is 11.3 Å². The standard InChI is InChI=1S/C16H26O6S2/c1-2-3-4-5-6-14(24(17,18)19)7-8-20-9-13-10-21-15-11-23-12-16(15)22-13/h11-14H,2-10H2,1H3,(H,17,18,19). The van der Waals surface area contributed by atoms with Crippen LogP contribution in [0, 0.1) is 0 Å². The fourth-order valence-electron chi connectivity index (χ4n) is 2.61. The third-order valence-electron chi connectivity index (χ3n) is 4.00. The van der Waals surface area contributed by atoms with Gasteiger partial charge in [-0.25, -0.2) is 0 Å². The highest BCUT2D eigenvalue weighted by Gasteiger charge is 2.24. The first kappa shape index (κ1) is 19.5. The first-order valence-electron chi connectivity index (χ1n) is 8.40. The van der Waals surface area contributed by atoms with Gasteiger partial charge in [0.1, 0.15) is 6.61 Å². The Bertz CT molecular complexity index is 583. The molecule has 138 valence electrons. The number of rotatable bonds is 11. The molecule has 2 rings (SSSR count). The van der Waals surface area contributed by atoms with Crippen LogP contribution in [-0.4, -0.2) is 44.1 Å². The quantitative estimate of drug-likeness (QED) is 0.469. The van der Waals surface area contributed by atoms with Crippen molar-refractivity contribution in [1.82, 2.24) is 0 Å². The summed E-state index contributed by atoms with van der Waals surface area (Å²) in [5.74, 6) is 1.49. The molecule has 6 nitrogen and oxygen atoms in total. The van der Waals surface area contributed by atoms with Crippen LogP contribution in [0.3, 0.4) is 0 Å². The van der Waals surface area contributed by atoms with Gasteiger partial charge < -0.3 is 14.2 Å². The van der Waals surface area contributed by atoms with E-state index < -0.39 is 15.4 Å². The molecule has 0 bridgehead atoms. The van der Waals surface area contributed by atoms with Gasteiger partial charge in [-0.2, -0.15) is 8.42 Å². The number of hydrogen-bond acceptors (Lipinski definition) is 6. The highest BCUT2D eigenvalue weighted by atomic mass is 32.2. The summed E-state index contributed by atoms with van der Waals surface area (Å²) in [4.78, 5) is 0. The summed E-state index contributed by atoms with van der Waals surface area (Å²) in [6, 6.07) is 0. The predicted octanol–water partition coefficient (Wildman–Crippen LogP) is 3.52. The maximum Gasteiger partial charge on any atom is 0.267 e. The minimum absolute atomic E-state index is 0.194. The van der Waals surface area contributed by atoms with E-state index in [0.717, 1.165) is 37.2 Å². The molecular weight excluding hydrogens is 352 g/mol. The van der Waals surface area contributed by atoms with E-state index in [9.17, 15) is 13.0 Å². The molecule has 2 atom stereocenters. The van der Waals surface area contributed by atoms with Crippen LogP contribution in [0.15, 0.2) is 10.8 Å². The third kappa shape index (κ3) is 6.23. The van der Waals surface area contributed by atoms with E-state index in [0.29, 0.717) is 26.1 Å². The lowest BCUT2D eigenvalue weighted by molar-refractivity contribution is 0.00849. The average molecular weight is 379 g/mol. The SMILES string of the molecule is CCCCCCC(CCOCC1COc2cscc2O1)S(=O)(=O)O. The van der Waals surface area contributed by atoms with Crippen LogP contribution in [0.2, 0.25) is 0 Å². The van der Waals surface area contributed by atoms with Crippen LogP contribution in [0.4, 0.5) is 0 Å². The van der Waals surface area contributed by atoms with E-state index in [2.05, 4.69) is 6.92 Å². The van der Waals surface area contributed by atoms with Gasteiger partial charge in [0.05, 0.1) is 11.9 Å². The zero-order valence-electron chi connectivity index (χ0n) is 14.0. The molecule has 1 aromatic heterocycles. The Morgan fingerprint density at radius 3 is 2.83 bits per heavy atom. The number of fused-ring (bicyclic) bond motifs is 1. The smallest absolute Gasteiger partial charge is 0.267 e. The van der Waals surface area contributed by atoms with Crippen molar-refractivity contribution in [2.75, 3.05) is 19.8 Å². The van der Waals surface area contributed by atoms with Gasteiger partial charge >= 0.3 is 0 Å². The van der Waals surface area contributed by atoms with E-state index in [1.54, 1.807) is 0 Å². The summed E-state index contributed by atoms with van der Waals surface area (Å²) >= 11 is 1.52. The largest absolute Gasteiger partial charge is 0.485 e. The highest BCUT2D eigenvalue weighted by Crippen LogP contribution is 2.35.